The van der Waals surface area contributed by atoms with Crippen LogP contribution in [0.5, 0.6) is 0 Å². The van der Waals surface area contributed by atoms with Crippen LogP contribution in [0.2, 0.25) is 0 Å². The van der Waals surface area contributed by atoms with Gasteiger partial charge in [-0.2, -0.15) is 0 Å². The molecule has 1 aliphatic carbocycles. The van der Waals surface area contributed by atoms with Crippen molar-refractivity contribution >= 4 is 11.8 Å². The molecule has 1 aliphatic heterocycles. The van der Waals surface area contributed by atoms with Gasteiger partial charge in [-0.1, -0.05) is 6.42 Å². The maximum atomic E-state index is 12.4. The van der Waals surface area contributed by atoms with E-state index in [0.29, 0.717) is 24.9 Å². The molecule has 2 fully saturated rings. The van der Waals surface area contributed by atoms with E-state index < -0.39 is 6.04 Å². The third kappa shape index (κ3) is 2.97. The highest BCUT2D eigenvalue weighted by molar-refractivity contribution is 5.89. The summed E-state index contributed by atoms with van der Waals surface area (Å²) in [5.74, 6) is 1.11. The van der Waals surface area contributed by atoms with Crippen molar-refractivity contribution in [2.75, 3.05) is 19.6 Å². The van der Waals surface area contributed by atoms with E-state index in [1.165, 1.54) is 12.8 Å². The van der Waals surface area contributed by atoms with Gasteiger partial charge in [0.15, 0.2) is 0 Å². The first-order chi connectivity index (χ1) is 9.58. The Kier molecular flexibility index (Phi) is 5.02. The molecule has 5 nitrogen and oxygen atoms in total. The molecule has 5 heteroatoms. The first-order valence-corrected chi connectivity index (χ1v) is 7.91. The number of carbonyl (C=O) groups excluding carboxylic acids is 2. The quantitative estimate of drug-likeness (QED) is 0.781. The van der Waals surface area contributed by atoms with Gasteiger partial charge in [-0.3, -0.25) is 9.59 Å². The average molecular weight is 281 g/mol. The first-order valence-electron chi connectivity index (χ1n) is 7.91. The predicted molar refractivity (Wildman–Crippen MR) is 78.2 cm³/mol. The second kappa shape index (κ2) is 6.57. The van der Waals surface area contributed by atoms with Crippen LogP contribution >= 0.6 is 0 Å². The van der Waals surface area contributed by atoms with Crippen molar-refractivity contribution in [3.63, 3.8) is 0 Å². The highest BCUT2D eigenvalue weighted by Crippen LogP contribution is 2.37. The molecular weight excluding hydrogens is 254 g/mol. The fourth-order valence-electron chi connectivity index (χ4n) is 3.65. The monoisotopic (exact) mass is 281 g/mol. The molecule has 2 N–H and O–H groups in total. The first kappa shape index (κ1) is 15.3. The van der Waals surface area contributed by atoms with E-state index in [0.717, 1.165) is 13.0 Å². The van der Waals surface area contributed by atoms with E-state index in [2.05, 4.69) is 10.6 Å². The topological polar surface area (TPSA) is 61.4 Å². The molecule has 4 atom stereocenters. The van der Waals surface area contributed by atoms with E-state index in [1.54, 1.807) is 11.8 Å². The highest BCUT2D eigenvalue weighted by atomic mass is 16.2. The molecule has 0 bridgehead atoms. The van der Waals surface area contributed by atoms with Crippen LogP contribution < -0.4 is 10.6 Å². The second-order valence-electron chi connectivity index (χ2n) is 5.98. The summed E-state index contributed by atoms with van der Waals surface area (Å²) >= 11 is 0. The van der Waals surface area contributed by atoms with Crippen LogP contribution in [0.4, 0.5) is 0 Å². The number of amides is 2. The van der Waals surface area contributed by atoms with Crippen molar-refractivity contribution < 1.29 is 9.59 Å². The third-order valence-electron chi connectivity index (χ3n) is 4.83. The number of fused-ring (bicyclic) bond motifs is 1. The largest absolute Gasteiger partial charge is 0.343 e. The van der Waals surface area contributed by atoms with Crippen LogP contribution in [0.1, 0.15) is 40.0 Å². The van der Waals surface area contributed by atoms with E-state index in [9.17, 15) is 9.59 Å². The van der Waals surface area contributed by atoms with Gasteiger partial charge < -0.3 is 15.5 Å². The third-order valence-corrected chi connectivity index (χ3v) is 4.83. The second-order valence-corrected chi connectivity index (χ2v) is 5.98. The minimum absolute atomic E-state index is 0.00400. The lowest BCUT2D eigenvalue weighted by molar-refractivity contribution is -0.136. The maximum Gasteiger partial charge on any atom is 0.244 e. The molecule has 4 unspecified atom stereocenters. The Labute approximate surface area is 121 Å². The van der Waals surface area contributed by atoms with Gasteiger partial charge in [-0.05, 0) is 52.0 Å². The minimum Gasteiger partial charge on any atom is -0.343 e. The van der Waals surface area contributed by atoms with Gasteiger partial charge in [0, 0.05) is 13.1 Å². The summed E-state index contributed by atoms with van der Waals surface area (Å²) < 4.78 is 0. The zero-order valence-corrected chi connectivity index (χ0v) is 12.8. The number of nitrogens with zero attached hydrogens (tertiary/aromatic N) is 1. The zero-order chi connectivity index (χ0) is 14.7. The van der Waals surface area contributed by atoms with E-state index in [-0.39, 0.29) is 17.9 Å². The summed E-state index contributed by atoms with van der Waals surface area (Å²) in [6, 6.07) is -0.542. The van der Waals surface area contributed by atoms with Gasteiger partial charge in [-0.15, -0.1) is 0 Å². The lowest BCUT2D eigenvalue weighted by atomic mass is 9.93. The molecule has 2 rings (SSSR count). The van der Waals surface area contributed by atoms with Crippen molar-refractivity contribution in [2.24, 2.45) is 11.8 Å². The van der Waals surface area contributed by atoms with Gasteiger partial charge in [-0.25, -0.2) is 0 Å². The molecule has 2 amide bonds. The fraction of sp³-hybridized carbons (Fsp3) is 0.867. The lowest BCUT2D eigenvalue weighted by Gasteiger charge is -2.25. The summed E-state index contributed by atoms with van der Waals surface area (Å²) in [6.07, 6.45) is 3.60. The van der Waals surface area contributed by atoms with Crippen LogP contribution in [-0.4, -0.2) is 48.4 Å². The van der Waals surface area contributed by atoms with Gasteiger partial charge in [0.05, 0.1) is 6.04 Å². The molecule has 0 aromatic rings. The van der Waals surface area contributed by atoms with Gasteiger partial charge in [0.2, 0.25) is 11.8 Å². The Bertz CT molecular complexity index is 368. The van der Waals surface area contributed by atoms with Crippen LogP contribution in [0.25, 0.3) is 0 Å². The number of likely N-dealkylation sites (N-methyl/N-ethyl adjacent to an activating group) is 1. The van der Waals surface area contributed by atoms with Crippen molar-refractivity contribution in [1.29, 1.82) is 0 Å². The van der Waals surface area contributed by atoms with E-state index in [4.69, 9.17) is 0 Å². The molecule has 1 saturated carbocycles. The Morgan fingerprint density at radius 3 is 2.65 bits per heavy atom. The molecule has 2 aliphatic rings. The molecule has 0 spiro atoms. The summed E-state index contributed by atoms with van der Waals surface area (Å²) in [4.78, 5) is 26.3. The highest BCUT2D eigenvalue weighted by Gasteiger charge is 2.42. The fourth-order valence-corrected chi connectivity index (χ4v) is 3.65. The molecule has 1 heterocycles. The number of rotatable bonds is 5. The van der Waals surface area contributed by atoms with Crippen molar-refractivity contribution in [3.8, 4) is 0 Å². The van der Waals surface area contributed by atoms with E-state index in [1.807, 2.05) is 13.8 Å². The molecule has 0 aromatic carbocycles. The standard InChI is InChI=1S/C15H27N3O2/c1-4-18(5-2)15(20)10(3)17-14(19)13-12-8-6-7-11(12)9-16-13/h10-13,16H,4-9H2,1-3H3,(H,17,19). The van der Waals surface area contributed by atoms with Crippen LogP contribution in [0.15, 0.2) is 0 Å². The number of nitrogens with one attached hydrogen (secondary N) is 2. The molecule has 1 saturated heterocycles. The zero-order valence-electron chi connectivity index (χ0n) is 12.8. The molecule has 0 radical (unpaired) electrons. The van der Waals surface area contributed by atoms with Gasteiger partial charge >= 0.3 is 0 Å². The average Bonchev–Trinajstić information content (AvgIpc) is 3.01. The number of hydrogen-bond acceptors (Lipinski definition) is 3. The SMILES string of the molecule is CCN(CC)C(=O)C(C)NC(=O)C1NCC2CCCC21. The lowest BCUT2D eigenvalue weighted by Crippen LogP contribution is -2.52. The molecule has 20 heavy (non-hydrogen) atoms. The number of carbonyl (C=O) groups is 2. The van der Waals surface area contributed by atoms with Crippen molar-refractivity contribution in [3.05, 3.63) is 0 Å². The van der Waals surface area contributed by atoms with Crippen LogP contribution in [-0.2, 0) is 9.59 Å². The van der Waals surface area contributed by atoms with Crippen LogP contribution in [0.3, 0.4) is 0 Å². The Morgan fingerprint density at radius 1 is 1.30 bits per heavy atom. The Morgan fingerprint density at radius 2 is 2.00 bits per heavy atom. The van der Waals surface area contributed by atoms with Crippen molar-refractivity contribution in [1.82, 2.24) is 15.5 Å². The van der Waals surface area contributed by atoms with Crippen molar-refractivity contribution in [2.45, 2.75) is 52.1 Å². The predicted octanol–water partition coefficient (Wildman–Crippen LogP) is 0.748. The van der Waals surface area contributed by atoms with Crippen LogP contribution in [0, 0.1) is 11.8 Å². The summed E-state index contributed by atoms with van der Waals surface area (Å²) in [6.45, 7) is 8.00. The van der Waals surface area contributed by atoms with Gasteiger partial charge in [0.25, 0.3) is 0 Å². The Hall–Kier alpha value is -1.10. The molecule has 114 valence electrons. The van der Waals surface area contributed by atoms with E-state index >= 15 is 0 Å². The summed E-state index contributed by atoms with van der Waals surface area (Å²) in [7, 11) is 0. The maximum absolute atomic E-state index is 12.4. The summed E-state index contributed by atoms with van der Waals surface area (Å²) in [5, 5.41) is 6.21. The molecule has 0 aromatic heterocycles. The number of hydrogen-bond donors (Lipinski definition) is 2. The smallest absolute Gasteiger partial charge is 0.244 e. The molecular formula is C15H27N3O2. The van der Waals surface area contributed by atoms with Gasteiger partial charge in [0.1, 0.15) is 6.04 Å². The minimum atomic E-state index is -0.440. The normalized spacial score (nSPS) is 29.9. The summed E-state index contributed by atoms with van der Waals surface area (Å²) in [5.41, 5.74) is 0. The Balaban J connectivity index is 1.89.